The first-order chi connectivity index (χ1) is 14.5. The molecule has 1 fully saturated rings. The number of hydrogen-bond acceptors (Lipinski definition) is 7. The van der Waals surface area contributed by atoms with Gasteiger partial charge in [0.15, 0.2) is 0 Å². The Balaban J connectivity index is 1.57. The van der Waals surface area contributed by atoms with Crippen LogP contribution in [-0.2, 0) is 11.8 Å². The number of hydrogen-bond donors (Lipinski definition) is 1. The van der Waals surface area contributed by atoms with Gasteiger partial charge in [0.05, 0.1) is 49.0 Å². The molecule has 0 atom stereocenters. The molecule has 1 aliphatic heterocycles. The number of methoxy groups -OCH3 is 1. The number of carbonyl (C=O) groups excluding carboxylic acids is 1. The lowest BCUT2D eigenvalue weighted by atomic mass is 10.1. The summed E-state index contributed by atoms with van der Waals surface area (Å²) in [5.41, 5.74) is 2.55. The summed E-state index contributed by atoms with van der Waals surface area (Å²) in [7, 11) is 3.36. The van der Waals surface area contributed by atoms with E-state index in [-0.39, 0.29) is 5.91 Å². The van der Waals surface area contributed by atoms with Crippen molar-refractivity contribution >= 4 is 29.1 Å². The van der Waals surface area contributed by atoms with Gasteiger partial charge in [-0.15, -0.1) is 0 Å². The van der Waals surface area contributed by atoms with Gasteiger partial charge in [-0.05, 0) is 12.1 Å². The predicted octanol–water partition coefficient (Wildman–Crippen LogP) is 2.76. The highest BCUT2D eigenvalue weighted by atomic mass is 35.5. The van der Waals surface area contributed by atoms with Crippen molar-refractivity contribution in [3.63, 3.8) is 0 Å². The van der Waals surface area contributed by atoms with Gasteiger partial charge in [-0.2, -0.15) is 5.10 Å². The Morgan fingerprint density at radius 3 is 2.77 bits per heavy atom. The number of nitrogens with zero attached hydrogens (tertiary/aromatic N) is 5. The highest BCUT2D eigenvalue weighted by Gasteiger charge is 2.22. The summed E-state index contributed by atoms with van der Waals surface area (Å²) in [6.45, 7) is 2.22. The largest absolute Gasteiger partial charge is 0.496 e. The zero-order chi connectivity index (χ0) is 21.1. The smallest absolute Gasteiger partial charge is 0.257 e. The minimum Gasteiger partial charge on any atom is -0.496 e. The Bertz CT molecular complexity index is 1060. The number of morpholine rings is 1. The molecule has 0 saturated carbocycles. The Morgan fingerprint density at radius 2 is 2.07 bits per heavy atom. The third-order valence-corrected chi connectivity index (χ3v) is 4.99. The molecule has 2 aromatic heterocycles. The topological polar surface area (TPSA) is 94.4 Å². The molecule has 3 aromatic rings. The average Bonchev–Trinajstić information content (AvgIpc) is 3.21. The van der Waals surface area contributed by atoms with Gasteiger partial charge in [-0.1, -0.05) is 11.6 Å². The second-order valence-electron chi connectivity index (χ2n) is 6.74. The van der Waals surface area contributed by atoms with Crippen LogP contribution in [0.2, 0.25) is 5.02 Å². The third kappa shape index (κ3) is 4.22. The summed E-state index contributed by atoms with van der Waals surface area (Å²) in [5.74, 6) is 0.758. The Labute approximate surface area is 178 Å². The van der Waals surface area contributed by atoms with Crippen molar-refractivity contribution in [1.82, 2.24) is 24.6 Å². The first kappa shape index (κ1) is 20.1. The van der Waals surface area contributed by atoms with Gasteiger partial charge in [-0.25, -0.2) is 9.97 Å². The molecule has 4 rings (SSSR count). The van der Waals surface area contributed by atoms with E-state index in [0.29, 0.717) is 60.0 Å². The van der Waals surface area contributed by atoms with Crippen LogP contribution in [0, 0.1) is 0 Å². The Hall–Kier alpha value is -3.17. The van der Waals surface area contributed by atoms with E-state index in [4.69, 9.17) is 21.1 Å². The summed E-state index contributed by atoms with van der Waals surface area (Å²) in [6, 6.07) is 5.27. The number of halogens is 1. The van der Waals surface area contributed by atoms with Crippen LogP contribution in [0.25, 0.3) is 11.3 Å². The fourth-order valence-electron chi connectivity index (χ4n) is 3.18. The summed E-state index contributed by atoms with van der Waals surface area (Å²) in [4.78, 5) is 23.3. The molecule has 1 N–H and O–H groups in total. The zero-order valence-corrected chi connectivity index (χ0v) is 17.4. The van der Waals surface area contributed by atoms with E-state index < -0.39 is 0 Å². The van der Waals surface area contributed by atoms with Gasteiger partial charge in [0.25, 0.3) is 5.91 Å². The van der Waals surface area contributed by atoms with Crippen molar-refractivity contribution in [2.75, 3.05) is 38.7 Å². The molecule has 1 aromatic carbocycles. The number of benzene rings is 1. The molecule has 1 aliphatic rings. The van der Waals surface area contributed by atoms with Crippen LogP contribution in [-0.4, -0.2) is 64.0 Å². The van der Waals surface area contributed by atoms with E-state index >= 15 is 0 Å². The van der Waals surface area contributed by atoms with E-state index in [1.165, 1.54) is 13.3 Å². The van der Waals surface area contributed by atoms with Gasteiger partial charge in [0.2, 0.25) is 5.95 Å². The summed E-state index contributed by atoms with van der Waals surface area (Å²) in [6.07, 6.45) is 5.05. The van der Waals surface area contributed by atoms with Crippen LogP contribution in [0.3, 0.4) is 0 Å². The van der Waals surface area contributed by atoms with E-state index in [1.807, 2.05) is 13.2 Å². The number of aromatic nitrogens is 4. The number of ether oxygens (including phenoxy) is 2. The molecular weight excluding hydrogens is 408 g/mol. The van der Waals surface area contributed by atoms with Gasteiger partial charge < -0.3 is 19.7 Å². The molecule has 9 nitrogen and oxygen atoms in total. The molecule has 0 unspecified atom stereocenters. The SMILES string of the molecule is COc1cc(Nc2ncc(Cl)c(-c3cnn(C)c3)n2)ccc1C(=O)N1CCOCC1. The Morgan fingerprint density at radius 1 is 1.27 bits per heavy atom. The number of amides is 1. The molecular formula is C20H21ClN6O3. The molecule has 1 amide bonds. The lowest BCUT2D eigenvalue weighted by molar-refractivity contribution is 0.0301. The molecule has 0 bridgehead atoms. The molecule has 3 heterocycles. The standard InChI is InChI=1S/C20H21ClN6O3/c1-26-12-13(10-23-26)18-16(21)11-22-20(25-18)24-14-3-4-15(17(9-14)29-2)19(28)27-5-7-30-8-6-27/h3-4,9-12H,5-8H2,1-2H3,(H,22,24,25). The van der Waals surface area contributed by atoms with Gasteiger partial charge in [0.1, 0.15) is 5.75 Å². The molecule has 0 aliphatic carbocycles. The van der Waals surface area contributed by atoms with E-state index in [9.17, 15) is 4.79 Å². The monoisotopic (exact) mass is 428 g/mol. The van der Waals surface area contributed by atoms with Crippen molar-refractivity contribution < 1.29 is 14.3 Å². The molecule has 30 heavy (non-hydrogen) atoms. The van der Waals surface area contributed by atoms with Crippen LogP contribution in [0.4, 0.5) is 11.6 Å². The van der Waals surface area contributed by atoms with Gasteiger partial charge in [0, 0.05) is 43.7 Å². The highest BCUT2D eigenvalue weighted by Crippen LogP contribution is 2.29. The molecule has 156 valence electrons. The summed E-state index contributed by atoms with van der Waals surface area (Å²) < 4.78 is 12.5. The Kier molecular flexibility index (Phi) is 5.82. The van der Waals surface area contributed by atoms with Crippen LogP contribution in [0.1, 0.15) is 10.4 Å². The number of anilines is 2. The third-order valence-electron chi connectivity index (χ3n) is 4.71. The molecule has 10 heteroatoms. The molecule has 0 radical (unpaired) electrons. The van der Waals surface area contributed by atoms with Crippen LogP contribution in [0.15, 0.2) is 36.8 Å². The summed E-state index contributed by atoms with van der Waals surface area (Å²) in [5, 5.41) is 7.72. The van der Waals surface area contributed by atoms with Crippen molar-refractivity contribution in [1.29, 1.82) is 0 Å². The van der Waals surface area contributed by atoms with Crippen LogP contribution >= 0.6 is 11.6 Å². The van der Waals surface area contributed by atoms with Gasteiger partial charge >= 0.3 is 0 Å². The van der Waals surface area contributed by atoms with E-state index in [0.717, 1.165) is 5.56 Å². The lowest BCUT2D eigenvalue weighted by Gasteiger charge is -2.27. The first-order valence-electron chi connectivity index (χ1n) is 9.39. The van der Waals surface area contributed by atoms with Crippen molar-refractivity contribution in [2.24, 2.45) is 7.05 Å². The van der Waals surface area contributed by atoms with E-state index in [2.05, 4.69) is 20.4 Å². The normalized spacial score (nSPS) is 13.9. The second-order valence-corrected chi connectivity index (χ2v) is 7.14. The maximum atomic E-state index is 12.8. The van der Waals surface area contributed by atoms with Crippen LogP contribution < -0.4 is 10.1 Å². The quantitative estimate of drug-likeness (QED) is 0.667. The van der Waals surface area contributed by atoms with Gasteiger partial charge in [-0.3, -0.25) is 9.48 Å². The minimum atomic E-state index is -0.0803. The predicted molar refractivity (Wildman–Crippen MR) is 112 cm³/mol. The van der Waals surface area contributed by atoms with E-state index in [1.54, 1.807) is 34.0 Å². The lowest BCUT2D eigenvalue weighted by Crippen LogP contribution is -2.40. The number of rotatable bonds is 5. The highest BCUT2D eigenvalue weighted by molar-refractivity contribution is 6.32. The number of carbonyl (C=O) groups is 1. The first-order valence-corrected chi connectivity index (χ1v) is 9.76. The number of aryl methyl sites for hydroxylation is 1. The van der Waals surface area contributed by atoms with Crippen molar-refractivity contribution in [3.05, 3.63) is 47.4 Å². The minimum absolute atomic E-state index is 0.0803. The fraction of sp³-hybridized carbons (Fsp3) is 0.300. The maximum Gasteiger partial charge on any atom is 0.257 e. The zero-order valence-electron chi connectivity index (χ0n) is 16.6. The number of nitrogens with one attached hydrogen (secondary N) is 1. The summed E-state index contributed by atoms with van der Waals surface area (Å²) >= 11 is 6.26. The second kappa shape index (κ2) is 8.68. The fourth-order valence-corrected chi connectivity index (χ4v) is 3.39. The molecule has 0 spiro atoms. The average molecular weight is 429 g/mol. The molecule has 1 saturated heterocycles. The van der Waals surface area contributed by atoms with Crippen LogP contribution in [0.5, 0.6) is 5.75 Å². The van der Waals surface area contributed by atoms with Crippen molar-refractivity contribution in [2.45, 2.75) is 0 Å². The van der Waals surface area contributed by atoms with Crippen molar-refractivity contribution in [3.8, 4) is 17.0 Å². The maximum absolute atomic E-state index is 12.8.